The van der Waals surface area contributed by atoms with E-state index in [0.29, 0.717) is 69.0 Å². The molecule has 0 bridgehead atoms. The molecule has 10 nitrogen and oxygen atoms in total. The highest BCUT2D eigenvalue weighted by Gasteiger charge is 2.54. The summed E-state index contributed by atoms with van der Waals surface area (Å²) < 4.78 is 99.0. The molecule has 18 heteroatoms. The van der Waals surface area contributed by atoms with Crippen molar-refractivity contribution in [1.29, 1.82) is 0 Å². The molecule has 4 N–H and O–H groups in total. The van der Waals surface area contributed by atoms with E-state index in [9.17, 15) is 59.4 Å². The molecule has 0 aromatic heterocycles. The van der Waals surface area contributed by atoms with Crippen LogP contribution < -0.4 is 20.7 Å². The van der Waals surface area contributed by atoms with Crippen LogP contribution in [-0.2, 0) is 32.0 Å². The Morgan fingerprint density at radius 3 is 2.06 bits per heavy atom. The van der Waals surface area contributed by atoms with E-state index in [0.717, 1.165) is 37.3 Å². The molecule has 0 atom stereocenters. The monoisotopic (exact) mass is 752 g/mol. The second-order valence-electron chi connectivity index (χ2n) is 12.2. The Morgan fingerprint density at radius 2 is 1.44 bits per heavy atom. The molecule has 4 rings (SSSR count). The number of nitrogens with one attached hydrogen (secondary N) is 3. The SMILES string of the molecule is O=C(C(=O)C(F)(F)F)C(F)(F)F.O=C1COc2c(CCNCCN(C(=O)CCNCCc3ccc(F)c(F)c3)C3CCCCCC3)ccc(O)c2N1. The topological polar surface area (TPSA) is 137 Å². The van der Waals surface area contributed by atoms with Crippen molar-refractivity contribution in [3.8, 4) is 11.5 Å². The van der Waals surface area contributed by atoms with Gasteiger partial charge in [-0.2, -0.15) is 26.3 Å². The number of carbonyl (C=O) groups is 4. The first-order chi connectivity index (χ1) is 24.5. The minimum Gasteiger partial charge on any atom is -0.506 e. The number of hydrogen-bond donors (Lipinski definition) is 4. The zero-order valence-electron chi connectivity index (χ0n) is 28.0. The third-order valence-electron chi connectivity index (χ3n) is 8.33. The van der Waals surface area contributed by atoms with Gasteiger partial charge in [0.1, 0.15) is 11.4 Å². The molecule has 0 saturated heterocycles. The van der Waals surface area contributed by atoms with Gasteiger partial charge in [0.15, 0.2) is 24.0 Å². The van der Waals surface area contributed by atoms with Gasteiger partial charge in [0.25, 0.3) is 5.91 Å². The zero-order valence-corrected chi connectivity index (χ0v) is 28.0. The minimum absolute atomic E-state index is 0.0174. The number of benzene rings is 2. The lowest BCUT2D eigenvalue weighted by molar-refractivity contribution is -0.193. The highest BCUT2D eigenvalue weighted by Crippen LogP contribution is 2.39. The summed E-state index contributed by atoms with van der Waals surface area (Å²) in [7, 11) is 0. The van der Waals surface area contributed by atoms with Gasteiger partial charge in [-0.05, 0) is 68.1 Å². The number of nitrogens with zero attached hydrogens (tertiary/aromatic N) is 1. The predicted molar refractivity (Wildman–Crippen MR) is 172 cm³/mol. The maximum absolute atomic E-state index is 13.4. The van der Waals surface area contributed by atoms with Gasteiger partial charge in [0, 0.05) is 32.1 Å². The first kappa shape index (κ1) is 42.1. The Hall–Kier alpha value is -4.32. The Kier molecular flexibility index (Phi) is 15.8. The molecule has 52 heavy (non-hydrogen) atoms. The summed E-state index contributed by atoms with van der Waals surface area (Å²) in [5.41, 5.74) is 1.93. The summed E-state index contributed by atoms with van der Waals surface area (Å²) in [6, 6.07) is 7.53. The first-order valence-electron chi connectivity index (χ1n) is 16.6. The standard InChI is InChI=1S/C30H40F2N4O4.C4F6O2/c31-24-9-7-21(19-25(24)32)11-14-33-16-13-28(39)36(23-5-3-1-2-4-6-23)18-17-34-15-12-22-8-10-26(37)29-30(22)40-20-27(38)35-29;5-3(6,7)1(11)2(12)4(8,9)10/h7-10,19,23,33-34,37H,1-6,11-18,20H2,(H,35,38);. The number of halogens is 8. The average Bonchev–Trinajstić information content (AvgIpc) is 3.37. The van der Waals surface area contributed by atoms with Crippen molar-refractivity contribution < 1.29 is 64.1 Å². The van der Waals surface area contributed by atoms with Gasteiger partial charge in [0.2, 0.25) is 5.91 Å². The van der Waals surface area contributed by atoms with E-state index in [4.69, 9.17) is 4.74 Å². The molecule has 2 aliphatic rings. The van der Waals surface area contributed by atoms with Crippen LogP contribution >= 0.6 is 0 Å². The summed E-state index contributed by atoms with van der Waals surface area (Å²) in [5.74, 6) is -8.18. The average molecular weight is 753 g/mol. The van der Waals surface area contributed by atoms with Crippen LogP contribution in [-0.4, -0.2) is 91.1 Å². The van der Waals surface area contributed by atoms with E-state index >= 15 is 0 Å². The maximum Gasteiger partial charge on any atom is 0.458 e. The predicted octanol–water partition coefficient (Wildman–Crippen LogP) is 5.16. The zero-order chi connectivity index (χ0) is 38.5. The Balaban J connectivity index is 0.000000521. The Bertz CT molecular complexity index is 1520. The fraction of sp³-hybridized carbons (Fsp3) is 0.529. The van der Waals surface area contributed by atoms with Crippen LogP contribution in [0, 0.1) is 11.6 Å². The lowest BCUT2D eigenvalue weighted by Crippen LogP contribution is -2.45. The summed E-state index contributed by atoms with van der Waals surface area (Å²) in [5, 5.41) is 19.4. The molecule has 2 aromatic rings. The van der Waals surface area contributed by atoms with E-state index in [2.05, 4.69) is 16.0 Å². The van der Waals surface area contributed by atoms with Gasteiger partial charge in [-0.15, -0.1) is 0 Å². The largest absolute Gasteiger partial charge is 0.506 e. The normalized spacial score (nSPS) is 15.0. The van der Waals surface area contributed by atoms with Gasteiger partial charge in [-0.3, -0.25) is 19.2 Å². The van der Waals surface area contributed by atoms with Crippen molar-refractivity contribution in [1.82, 2.24) is 15.5 Å². The Morgan fingerprint density at radius 1 is 0.827 bits per heavy atom. The second-order valence-corrected chi connectivity index (χ2v) is 12.2. The lowest BCUT2D eigenvalue weighted by Gasteiger charge is -2.32. The first-order valence-corrected chi connectivity index (χ1v) is 16.6. The number of ether oxygens (including phenoxy) is 1. The van der Waals surface area contributed by atoms with E-state index < -0.39 is 35.6 Å². The highest BCUT2D eigenvalue weighted by molar-refractivity contribution is 6.41. The smallest absolute Gasteiger partial charge is 0.458 e. The van der Waals surface area contributed by atoms with E-state index in [-0.39, 0.29) is 30.2 Å². The van der Waals surface area contributed by atoms with Gasteiger partial charge in [-0.25, -0.2) is 8.78 Å². The number of aromatic hydroxyl groups is 1. The number of fused-ring (bicyclic) bond motifs is 1. The molecule has 1 fully saturated rings. The molecule has 0 radical (unpaired) electrons. The van der Waals surface area contributed by atoms with E-state index in [1.54, 1.807) is 18.2 Å². The summed E-state index contributed by atoms with van der Waals surface area (Å²) in [4.78, 5) is 46.2. The molecule has 2 aromatic carbocycles. The molecule has 288 valence electrons. The summed E-state index contributed by atoms with van der Waals surface area (Å²) >= 11 is 0. The molecular weight excluding hydrogens is 712 g/mol. The number of amides is 2. The number of rotatable bonds is 14. The number of alkyl halides is 6. The molecular formula is C34H40F8N4O6. The van der Waals surface area contributed by atoms with Crippen molar-refractivity contribution in [2.45, 2.75) is 76.2 Å². The number of phenolic OH excluding ortho intramolecular Hbond substituents is 1. The quantitative estimate of drug-likeness (QED) is 0.0684. The van der Waals surface area contributed by atoms with Crippen LogP contribution in [0.4, 0.5) is 40.8 Å². The fourth-order valence-electron chi connectivity index (χ4n) is 5.69. The van der Waals surface area contributed by atoms with Crippen molar-refractivity contribution >= 4 is 29.1 Å². The van der Waals surface area contributed by atoms with Crippen molar-refractivity contribution in [2.24, 2.45) is 0 Å². The number of anilines is 1. The van der Waals surface area contributed by atoms with Crippen LogP contribution in [0.3, 0.4) is 0 Å². The van der Waals surface area contributed by atoms with Gasteiger partial charge < -0.3 is 30.7 Å². The Labute approximate surface area is 294 Å². The van der Waals surface area contributed by atoms with Crippen LogP contribution in [0.25, 0.3) is 0 Å². The number of phenols is 1. The van der Waals surface area contributed by atoms with Crippen LogP contribution in [0.5, 0.6) is 11.5 Å². The third-order valence-corrected chi connectivity index (χ3v) is 8.33. The van der Waals surface area contributed by atoms with Crippen molar-refractivity contribution in [2.75, 3.05) is 44.6 Å². The third kappa shape index (κ3) is 13.0. The second kappa shape index (κ2) is 19.5. The molecule has 0 unspecified atom stereocenters. The van der Waals surface area contributed by atoms with Crippen molar-refractivity contribution in [3.05, 3.63) is 53.1 Å². The fourth-order valence-corrected chi connectivity index (χ4v) is 5.69. The van der Waals surface area contributed by atoms with Crippen LogP contribution in [0.1, 0.15) is 56.1 Å². The maximum atomic E-state index is 13.4. The van der Waals surface area contributed by atoms with E-state index in [1.165, 1.54) is 18.9 Å². The number of carbonyl (C=O) groups excluding carboxylic acids is 4. The molecule has 1 saturated carbocycles. The van der Waals surface area contributed by atoms with E-state index in [1.807, 2.05) is 4.90 Å². The molecule has 0 spiro atoms. The number of ketones is 2. The number of Topliss-reactive ketones (excluding diaryl/α,β-unsaturated/α-hetero) is 2. The lowest BCUT2D eigenvalue weighted by atomic mass is 10.1. The summed E-state index contributed by atoms with van der Waals surface area (Å²) in [6.45, 7) is 2.98. The summed E-state index contributed by atoms with van der Waals surface area (Å²) in [6.07, 6.45) is -3.20. The molecule has 1 heterocycles. The molecule has 2 amide bonds. The molecule has 1 aliphatic heterocycles. The number of hydrogen-bond acceptors (Lipinski definition) is 8. The van der Waals surface area contributed by atoms with Gasteiger partial charge in [0.05, 0.1) is 0 Å². The minimum atomic E-state index is -5.77. The molecule has 1 aliphatic carbocycles. The van der Waals surface area contributed by atoms with Gasteiger partial charge >= 0.3 is 23.9 Å². The van der Waals surface area contributed by atoms with Crippen molar-refractivity contribution in [3.63, 3.8) is 0 Å². The van der Waals surface area contributed by atoms with Gasteiger partial charge in [-0.1, -0.05) is 37.8 Å². The van der Waals surface area contributed by atoms with Crippen LogP contribution in [0.15, 0.2) is 30.3 Å². The highest BCUT2D eigenvalue weighted by atomic mass is 19.4. The van der Waals surface area contributed by atoms with Crippen LogP contribution in [0.2, 0.25) is 0 Å².